The van der Waals surface area contributed by atoms with Gasteiger partial charge in [0.15, 0.2) is 0 Å². The maximum Gasteiger partial charge on any atom is 0.408 e. The number of amides is 1. The normalized spacial score (nSPS) is 11.6. The summed E-state index contributed by atoms with van der Waals surface area (Å²) in [5.41, 5.74) is 0.689. The molecule has 1 amide bonds. The van der Waals surface area contributed by atoms with E-state index in [1.54, 1.807) is 38.1 Å². The minimum absolute atomic E-state index is 0.0385. The highest BCUT2D eigenvalue weighted by Gasteiger charge is 2.27. The molecule has 0 fully saturated rings. The van der Waals surface area contributed by atoms with E-state index in [2.05, 4.69) is 5.32 Å². The number of benzene rings is 3. The van der Waals surface area contributed by atoms with Crippen molar-refractivity contribution < 1.29 is 28.2 Å². The molecule has 184 valence electrons. The van der Waals surface area contributed by atoms with Crippen molar-refractivity contribution in [2.75, 3.05) is 0 Å². The smallest absolute Gasteiger partial charge is 0.408 e. The van der Waals surface area contributed by atoms with Crippen LogP contribution in [0.4, 0.5) is 4.79 Å². The highest BCUT2D eigenvalue weighted by Crippen LogP contribution is 2.24. The van der Waals surface area contributed by atoms with Gasteiger partial charge in [-0.25, -0.2) is 9.59 Å². The third-order valence-electron chi connectivity index (χ3n) is 5.31. The van der Waals surface area contributed by atoms with Gasteiger partial charge in [-0.2, -0.15) is 0 Å². The van der Waals surface area contributed by atoms with E-state index in [9.17, 15) is 14.4 Å². The molecule has 8 nitrogen and oxygen atoms in total. The number of alkyl carbamates (subject to hydrolysis) is 1. The number of hydrogen-bond donors (Lipinski definition) is 1. The average molecular weight is 488 g/mol. The van der Waals surface area contributed by atoms with Crippen LogP contribution >= 0.6 is 0 Å². The maximum absolute atomic E-state index is 12.8. The van der Waals surface area contributed by atoms with Crippen LogP contribution in [0.1, 0.15) is 19.4 Å². The topological polar surface area (TPSA) is 104 Å². The molecule has 0 saturated heterocycles. The molecule has 36 heavy (non-hydrogen) atoms. The molecule has 1 aromatic heterocycles. The number of carbonyl (C=O) groups excluding carboxylic acids is 2. The van der Waals surface area contributed by atoms with E-state index in [4.69, 9.17) is 18.6 Å². The van der Waals surface area contributed by atoms with Gasteiger partial charge in [0.2, 0.25) is 11.2 Å². The van der Waals surface area contributed by atoms with Crippen LogP contribution in [0.2, 0.25) is 0 Å². The molecule has 4 rings (SSSR count). The van der Waals surface area contributed by atoms with E-state index in [0.29, 0.717) is 5.75 Å². The molecular weight excluding hydrogens is 462 g/mol. The molecule has 1 heterocycles. The lowest BCUT2D eigenvalue weighted by Gasteiger charge is -2.20. The van der Waals surface area contributed by atoms with Gasteiger partial charge in [0.1, 0.15) is 36.0 Å². The molecule has 0 bridgehead atoms. The quantitative estimate of drug-likeness (QED) is 0.261. The molecule has 0 aliphatic heterocycles. The molecule has 0 aliphatic carbocycles. The Kier molecular flexibility index (Phi) is 7.65. The zero-order chi connectivity index (χ0) is 25.5. The first-order valence-electron chi connectivity index (χ1n) is 11.4. The van der Waals surface area contributed by atoms with Crippen LogP contribution in [0, 0.1) is 5.92 Å². The fourth-order valence-electron chi connectivity index (χ4n) is 3.41. The van der Waals surface area contributed by atoms with Crippen LogP contribution in [0.3, 0.4) is 0 Å². The Morgan fingerprint density at radius 3 is 2.31 bits per heavy atom. The Balaban J connectivity index is 1.43. The molecule has 0 unspecified atom stereocenters. The Hall–Kier alpha value is -4.59. The predicted octanol–water partition coefficient (Wildman–Crippen LogP) is 5.44. The maximum atomic E-state index is 12.8. The highest BCUT2D eigenvalue weighted by atomic mass is 16.6. The molecule has 1 atom stereocenters. The Bertz CT molecular complexity index is 1400. The van der Waals surface area contributed by atoms with Gasteiger partial charge in [-0.3, -0.25) is 4.79 Å². The second kappa shape index (κ2) is 11.2. The van der Waals surface area contributed by atoms with Crippen molar-refractivity contribution in [3.8, 4) is 17.2 Å². The van der Waals surface area contributed by atoms with Crippen molar-refractivity contribution in [3.63, 3.8) is 0 Å². The molecule has 4 aromatic rings. The summed E-state index contributed by atoms with van der Waals surface area (Å²) in [6.45, 7) is 3.63. The third-order valence-corrected chi connectivity index (χ3v) is 5.31. The summed E-state index contributed by atoms with van der Waals surface area (Å²) in [5, 5.41) is 2.83. The van der Waals surface area contributed by atoms with E-state index in [1.165, 1.54) is 24.5 Å². The zero-order valence-corrected chi connectivity index (χ0v) is 19.8. The Morgan fingerprint density at radius 1 is 0.917 bits per heavy atom. The number of hydrogen-bond acceptors (Lipinski definition) is 7. The predicted molar refractivity (Wildman–Crippen MR) is 133 cm³/mol. The molecular formula is C28H25NO7. The summed E-state index contributed by atoms with van der Waals surface area (Å²) in [6.07, 6.45) is 0.481. The summed E-state index contributed by atoms with van der Waals surface area (Å²) >= 11 is 0. The summed E-state index contributed by atoms with van der Waals surface area (Å²) in [4.78, 5) is 37.9. The van der Waals surface area contributed by atoms with E-state index in [-0.39, 0.29) is 40.4 Å². The number of fused-ring (bicyclic) bond motifs is 1. The third kappa shape index (κ3) is 6.09. The van der Waals surface area contributed by atoms with Crippen molar-refractivity contribution in [2.45, 2.75) is 26.5 Å². The average Bonchev–Trinajstić information content (AvgIpc) is 2.88. The molecule has 3 aromatic carbocycles. The molecule has 0 aliphatic rings. The van der Waals surface area contributed by atoms with Crippen molar-refractivity contribution in [2.24, 2.45) is 5.92 Å². The first-order chi connectivity index (χ1) is 17.4. The minimum Gasteiger partial charge on any atom is -0.460 e. The number of para-hydroxylation sites is 1. The van der Waals surface area contributed by atoms with Gasteiger partial charge < -0.3 is 23.9 Å². The zero-order valence-electron chi connectivity index (χ0n) is 19.8. The van der Waals surface area contributed by atoms with E-state index in [1.807, 2.05) is 36.4 Å². The molecule has 1 N–H and O–H groups in total. The first kappa shape index (κ1) is 24.5. The van der Waals surface area contributed by atoms with E-state index in [0.717, 1.165) is 5.56 Å². The van der Waals surface area contributed by atoms with Crippen LogP contribution < -0.4 is 20.2 Å². The van der Waals surface area contributed by atoms with Crippen molar-refractivity contribution >= 4 is 23.0 Å². The van der Waals surface area contributed by atoms with Crippen molar-refractivity contribution in [3.05, 3.63) is 101 Å². The van der Waals surface area contributed by atoms with Gasteiger partial charge in [-0.05, 0) is 35.7 Å². The fraction of sp³-hybridized carbons (Fsp3) is 0.179. The molecule has 8 heteroatoms. The minimum atomic E-state index is -0.947. The summed E-state index contributed by atoms with van der Waals surface area (Å²) in [5.74, 6) is -0.233. The lowest BCUT2D eigenvalue weighted by Crippen LogP contribution is -2.46. The first-order valence-corrected chi connectivity index (χ1v) is 11.4. The summed E-state index contributed by atoms with van der Waals surface area (Å²) in [6, 6.07) is 21.5. The lowest BCUT2D eigenvalue weighted by molar-refractivity contribution is -0.137. The fourth-order valence-corrected chi connectivity index (χ4v) is 3.41. The molecule has 0 spiro atoms. The number of nitrogens with one attached hydrogen (secondary N) is 1. The number of rotatable bonds is 8. The highest BCUT2D eigenvalue weighted by molar-refractivity contribution is 5.85. The standard InChI is InChI=1S/C28H25NO7/c1-18(2)25(29-28(32)34-16-19-9-5-3-6-10-19)27(31)36-21-13-14-22-23(15-21)33-17-24(26(22)30)35-20-11-7-4-8-12-20/h3-15,17-18,25H,16H2,1-2H3,(H,29,32)/t25-/m1/s1. The van der Waals surface area contributed by atoms with Crippen LogP contribution in [0.15, 0.2) is 94.3 Å². The number of ether oxygens (including phenoxy) is 3. The summed E-state index contributed by atoms with van der Waals surface area (Å²) in [7, 11) is 0. The van der Waals surface area contributed by atoms with Gasteiger partial charge in [0.25, 0.3) is 0 Å². The number of esters is 1. The monoisotopic (exact) mass is 487 g/mol. The van der Waals surface area contributed by atoms with Gasteiger partial charge in [0, 0.05) is 6.07 Å². The van der Waals surface area contributed by atoms with Gasteiger partial charge in [-0.15, -0.1) is 0 Å². The van der Waals surface area contributed by atoms with Gasteiger partial charge >= 0.3 is 12.1 Å². The van der Waals surface area contributed by atoms with Gasteiger partial charge in [-0.1, -0.05) is 62.4 Å². The van der Waals surface area contributed by atoms with Crippen LogP contribution in [-0.2, 0) is 16.1 Å². The van der Waals surface area contributed by atoms with Crippen LogP contribution in [0.5, 0.6) is 17.2 Å². The van der Waals surface area contributed by atoms with E-state index < -0.39 is 18.1 Å². The Labute approximate surface area is 207 Å². The number of carbonyl (C=O) groups is 2. The van der Waals surface area contributed by atoms with Gasteiger partial charge in [0.05, 0.1) is 5.39 Å². The largest absolute Gasteiger partial charge is 0.460 e. The lowest BCUT2D eigenvalue weighted by atomic mass is 10.1. The van der Waals surface area contributed by atoms with Crippen LogP contribution in [-0.4, -0.2) is 18.1 Å². The summed E-state index contributed by atoms with van der Waals surface area (Å²) < 4.78 is 21.9. The Morgan fingerprint density at radius 2 is 1.61 bits per heavy atom. The van der Waals surface area contributed by atoms with Crippen molar-refractivity contribution in [1.82, 2.24) is 5.32 Å². The van der Waals surface area contributed by atoms with E-state index >= 15 is 0 Å². The SMILES string of the molecule is CC(C)[C@@H](NC(=O)OCc1ccccc1)C(=O)Oc1ccc2c(=O)c(Oc3ccccc3)coc2c1. The second-order valence-electron chi connectivity index (χ2n) is 8.35. The molecule has 0 radical (unpaired) electrons. The van der Waals surface area contributed by atoms with Crippen LogP contribution in [0.25, 0.3) is 11.0 Å². The van der Waals surface area contributed by atoms with Crippen molar-refractivity contribution in [1.29, 1.82) is 0 Å². The molecule has 0 saturated carbocycles. The second-order valence-corrected chi connectivity index (χ2v) is 8.35.